The molecule has 94 valence electrons. The van der Waals surface area contributed by atoms with Crippen LogP contribution in [-0.2, 0) is 4.74 Å². The van der Waals surface area contributed by atoms with E-state index < -0.39 is 6.10 Å². The first-order valence-corrected chi connectivity index (χ1v) is 5.98. The summed E-state index contributed by atoms with van der Waals surface area (Å²) in [5.74, 6) is 0. The number of hydrogen-bond acceptors (Lipinski definition) is 3. The minimum absolute atomic E-state index is 0.139. The van der Waals surface area contributed by atoms with Crippen molar-refractivity contribution in [1.82, 2.24) is 0 Å². The Labute approximate surface area is 94.5 Å². The van der Waals surface area contributed by atoms with Crippen molar-refractivity contribution in [3.63, 3.8) is 0 Å². The van der Waals surface area contributed by atoms with Gasteiger partial charge in [0, 0.05) is 6.61 Å². The molecule has 0 fully saturated rings. The van der Waals surface area contributed by atoms with E-state index in [0.717, 1.165) is 13.0 Å². The van der Waals surface area contributed by atoms with E-state index in [0.29, 0.717) is 6.10 Å². The topological polar surface area (TPSA) is 49.7 Å². The number of unbranched alkanes of at least 4 members (excludes halogenated alkanes) is 2. The zero-order valence-corrected chi connectivity index (χ0v) is 10.7. The number of ether oxygens (including phenoxy) is 1. The van der Waals surface area contributed by atoms with Crippen LogP contribution in [0.2, 0.25) is 0 Å². The van der Waals surface area contributed by atoms with Gasteiger partial charge in [-0.1, -0.05) is 26.7 Å². The van der Waals surface area contributed by atoms with Crippen LogP contribution in [0.4, 0.5) is 0 Å². The van der Waals surface area contributed by atoms with Gasteiger partial charge in [0.25, 0.3) is 0 Å². The van der Waals surface area contributed by atoms with Gasteiger partial charge in [-0.3, -0.25) is 0 Å². The van der Waals surface area contributed by atoms with Crippen molar-refractivity contribution in [3.8, 4) is 0 Å². The van der Waals surface area contributed by atoms with E-state index in [9.17, 15) is 0 Å². The van der Waals surface area contributed by atoms with Gasteiger partial charge in [0.15, 0.2) is 0 Å². The third kappa shape index (κ3) is 20.1. The van der Waals surface area contributed by atoms with Crippen LogP contribution in [0.1, 0.15) is 53.4 Å². The molecule has 0 saturated heterocycles. The molecule has 0 rings (SSSR count). The molecular weight excluding hydrogens is 192 g/mol. The largest absolute Gasteiger partial charge is 0.394 e. The lowest BCUT2D eigenvalue weighted by molar-refractivity contribution is 0.0610. The van der Waals surface area contributed by atoms with Crippen molar-refractivity contribution in [3.05, 3.63) is 0 Å². The molecule has 0 heterocycles. The second kappa shape index (κ2) is 13.9. The Hall–Kier alpha value is -0.120. The molecule has 3 heteroatoms. The van der Waals surface area contributed by atoms with Gasteiger partial charge >= 0.3 is 0 Å². The van der Waals surface area contributed by atoms with Crippen molar-refractivity contribution in [2.45, 2.75) is 65.6 Å². The molecule has 0 radical (unpaired) electrons. The van der Waals surface area contributed by atoms with Crippen LogP contribution >= 0.6 is 0 Å². The molecular formula is C12H28O3. The maximum atomic E-state index is 8.11. The Kier molecular flexibility index (Phi) is 16.0. The second-order valence-electron chi connectivity index (χ2n) is 3.83. The van der Waals surface area contributed by atoms with Crippen LogP contribution in [0.15, 0.2) is 0 Å². The summed E-state index contributed by atoms with van der Waals surface area (Å²) in [6, 6.07) is 0. The minimum atomic E-state index is -0.560. The van der Waals surface area contributed by atoms with E-state index >= 15 is 0 Å². The normalized spacial score (nSPS) is 14.0. The predicted octanol–water partition coefficient (Wildman–Crippen LogP) is 2.35. The lowest BCUT2D eigenvalue weighted by Crippen LogP contribution is -2.07. The number of aliphatic hydroxyl groups is 2. The summed E-state index contributed by atoms with van der Waals surface area (Å²) in [6.45, 7) is 8.84. The van der Waals surface area contributed by atoms with Gasteiger partial charge in [-0.15, -0.1) is 0 Å². The molecule has 0 aliphatic rings. The summed E-state index contributed by atoms with van der Waals surface area (Å²) < 4.78 is 5.49. The Balaban J connectivity index is 0. The highest BCUT2D eigenvalue weighted by molar-refractivity contribution is 4.44. The molecule has 0 amide bonds. The average molecular weight is 220 g/mol. The highest BCUT2D eigenvalue weighted by Crippen LogP contribution is 1.99. The predicted molar refractivity (Wildman–Crippen MR) is 64.0 cm³/mol. The lowest BCUT2D eigenvalue weighted by atomic mass is 10.2. The first kappa shape index (κ1) is 17.3. The van der Waals surface area contributed by atoms with E-state index in [-0.39, 0.29) is 6.61 Å². The van der Waals surface area contributed by atoms with E-state index in [1.54, 1.807) is 0 Å². The van der Waals surface area contributed by atoms with Crippen LogP contribution in [-0.4, -0.2) is 35.6 Å². The fraction of sp³-hybridized carbons (Fsp3) is 1.00. The lowest BCUT2D eigenvalue weighted by Gasteiger charge is -2.09. The molecule has 3 nitrogen and oxygen atoms in total. The van der Waals surface area contributed by atoms with Gasteiger partial charge in [0.05, 0.1) is 18.8 Å². The number of aliphatic hydroxyl groups excluding tert-OH is 2. The third-order valence-electron chi connectivity index (χ3n) is 1.99. The zero-order valence-electron chi connectivity index (χ0n) is 10.7. The van der Waals surface area contributed by atoms with E-state index in [1.807, 2.05) is 0 Å². The summed E-state index contributed by atoms with van der Waals surface area (Å²) in [5, 5.41) is 16.0. The fourth-order valence-electron chi connectivity index (χ4n) is 0.754. The Bertz CT molecular complexity index is 105. The molecule has 0 saturated carbocycles. The number of rotatable bonds is 7. The fourth-order valence-corrected chi connectivity index (χ4v) is 0.754. The Morgan fingerprint density at radius 1 is 1.13 bits per heavy atom. The van der Waals surface area contributed by atoms with Gasteiger partial charge in [-0.05, 0) is 26.7 Å². The molecule has 2 unspecified atom stereocenters. The summed E-state index contributed by atoms with van der Waals surface area (Å²) >= 11 is 0. The number of hydrogen-bond donors (Lipinski definition) is 2. The van der Waals surface area contributed by atoms with Crippen molar-refractivity contribution in [2.75, 3.05) is 13.2 Å². The molecule has 0 aromatic heterocycles. The molecule has 0 aliphatic heterocycles. The summed E-state index contributed by atoms with van der Waals surface area (Å²) in [4.78, 5) is 0. The molecule has 0 aromatic carbocycles. The minimum Gasteiger partial charge on any atom is -0.394 e. The van der Waals surface area contributed by atoms with Gasteiger partial charge in [0.1, 0.15) is 0 Å². The highest BCUT2D eigenvalue weighted by atomic mass is 16.5. The Morgan fingerprint density at radius 2 is 1.67 bits per heavy atom. The van der Waals surface area contributed by atoms with Crippen LogP contribution in [0.25, 0.3) is 0 Å². The summed E-state index contributed by atoms with van der Waals surface area (Å²) in [6.07, 6.45) is 4.83. The molecule has 0 aliphatic carbocycles. The van der Waals surface area contributed by atoms with Crippen LogP contribution in [0, 0.1) is 0 Å². The summed E-state index contributed by atoms with van der Waals surface area (Å²) in [5.41, 5.74) is 0. The van der Waals surface area contributed by atoms with E-state index in [1.165, 1.54) is 26.2 Å². The quantitative estimate of drug-likeness (QED) is 0.648. The van der Waals surface area contributed by atoms with E-state index in [4.69, 9.17) is 14.9 Å². The molecule has 0 aromatic rings. The summed E-state index contributed by atoms with van der Waals surface area (Å²) in [7, 11) is 0. The van der Waals surface area contributed by atoms with Crippen LogP contribution in [0.3, 0.4) is 0 Å². The average Bonchev–Trinajstić information content (AvgIpc) is 2.24. The molecule has 2 N–H and O–H groups in total. The molecule has 0 bridgehead atoms. The Morgan fingerprint density at radius 3 is 2.00 bits per heavy atom. The van der Waals surface area contributed by atoms with Gasteiger partial charge in [0.2, 0.25) is 0 Å². The molecule has 2 atom stereocenters. The monoisotopic (exact) mass is 220 g/mol. The smallest absolute Gasteiger partial charge is 0.0742 e. The first-order valence-electron chi connectivity index (χ1n) is 5.98. The standard InChI is InChI=1S/C9H20O.C3H8O2/c1-4-6-7-8-10-9(3)5-2;1-3(5)2-4/h9H,4-8H2,1-3H3;3-5H,2H2,1H3. The van der Waals surface area contributed by atoms with Crippen LogP contribution in [0.5, 0.6) is 0 Å². The van der Waals surface area contributed by atoms with Crippen molar-refractivity contribution in [1.29, 1.82) is 0 Å². The third-order valence-corrected chi connectivity index (χ3v) is 1.99. The van der Waals surface area contributed by atoms with Gasteiger partial charge in [-0.25, -0.2) is 0 Å². The maximum absolute atomic E-state index is 8.11. The van der Waals surface area contributed by atoms with Gasteiger partial charge in [-0.2, -0.15) is 0 Å². The van der Waals surface area contributed by atoms with Crippen molar-refractivity contribution in [2.24, 2.45) is 0 Å². The SMILES string of the molecule is CC(O)CO.CCCCCOC(C)CC. The molecule has 15 heavy (non-hydrogen) atoms. The van der Waals surface area contributed by atoms with E-state index in [2.05, 4.69) is 20.8 Å². The molecule has 0 spiro atoms. The highest BCUT2D eigenvalue weighted by Gasteiger charge is 1.95. The maximum Gasteiger partial charge on any atom is 0.0742 e. The second-order valence-corrected chi connectivity index (χ2v) is 3.83. The van der Waals surface area contributed by atoms with Crippen molar-refractivity contribution >= 4 is 0 Å². The van der Waals surface area contributed by atoms with Crippen LogP contribution < -0.4 is 0 Å². The first-order chi connectivity index (χ1) is 7.08. The van der Waals surface area contributed by atoms with Crippen molar-refractivity contribution < 1.29 is 14.9 Å². The van der Waals surface area contributed by atoms with Gasteiger partial charge < -0.3 is 14.9 Å². The zero-order chi connectivity index (χ0) is 12.1.